The summed E-state index contributed by atoms with van der Waals surface area (Å²) in [6.45, 7) is 8.43. The molecule has 0 aliphatic carbocycles. The van der Waals surface area contributed by atoms with Crippen LogP contribution in [0, 0.1) is 0 Å². The normalized spacial score (nSPS) is 11.6. The average molecular weight is 202 g/mol. The van der Waals surface area contributed by atoms with Crippen molar-refractivity contribution in [1.82, 2.24) is 10.2 Å². The van der Waals surface area contributed by atoms with Crippen LogP contribution in [0.5, 0.6) is 0 Å². The molecule has 0 fully saturated rings. The number of ether oxygens (including phenoxy) is 1. The predicted octanol–water partition coefficient (Wildman–Crippen LogP) is 1.34. The molecule has 0 heterocycles. The zero-order valence-corrected chi connectivity index (χ0v) is 10.2. The minimum Gasteiger partial charge on any atom is -0.383 e. The monoisotopic (exact) mass is 202 g/mol. The minimum atomic E-state index is 0.735. The Morgan fingerprint density at radius 3 is 2.36 bits per heavy atom. The van der Waals surface area contributed by atoms with E-state index in [0.29, 0.717) is 0 Å². The second-order valence-corrected chi connectivity index (χ2v) is 3.69. The lowest BCUT2D eigenvalue weighted by Crippen LogP contribution is -2.37. The van der Waals surface area contributed by atoms with Crippen molar-refractivity contribution in [3.63, 3.8) is 0 Å². The van der Waals surface area contributed by atoms with Crippen LogP contribution in [0.4, 0.5) is 0 Å². The first kappa shape index (κ1) is 13.9. The van der Waals surface area contributed by atoms with Crippen molar-refractivity contribution in [2.45, 2.75) is 32.7 Å². The van der Waals surface area contributed by atoms with Gasteiger partial charge in [0, 0.05) is 32.8 Å². The van der Waals surface area contributed by atoms with Crippen LogP contribution in [0.1, 0.15) is 26.7 Å². The molecule has 0 aromatic heterocycles. The van der Waals surface area contributed by atoms with Gasteiger partial charge >= 0.3 is 0 Å². The molecule has 0 saturated carbocycles. The van der Waals surface area contributed by atoms with Crippen molar-refractivity contribution >= 4 is 0 Å². The quantitative estimate of drug-likeness (QED) is 0.571. The van der Waals surface area contributed by atoms with Crippen LogP contribution in [-0.2, 0) is 4.74 Å². The second kappa shape index (κ2) is 9.44. The molecule has 0 rings (SSSR count). The van der Waals surface area contributed by atoms with Gasteiger partial charge in [-0.3, -0.25) is 0 Å². The zero-order chi connectivity index (χ0) is 10.8. The summed E-state index contributed by atoms with van der Waals surface area (Å²) in [5.74, 6) is 0. The Morgan fingerprint density at radius 1 is 1.21 bits per heavy atom. The van der Waals surface area contributed by atoms with Gasteiger partial charge in [-0.25, -0.2) is 0 Å². The first-order valence-corrected chi connectivity index (χ1v) is 5.66. The summed E-state index contributed by atoms with van der Waals surface area (Å²) in [5.41, 5.74) is 0. The van der Waals surface area contributed by atoms with Crippen molar-refractivity contribution in [2.75, 3.05) is 40.4 Å². The van der Waals surface area contributed by atoms with E-state index in [1.807, 2.05) is 0 Å². The lowest BCUT2D eigenvalue weighted by atomic mass is 10.1. The topological polar surface area (TPSA) is 24.5 Å². The van der Waals surface area contributed by atoms with E-state index in [1.165, 1.54) is 12.8 Å². The first-order chi connectivity index (χ1) is 6.76. The molecular formula is C11H26N2O. The molecule has 0 aromatic rings. The summed E-state index contributed by atoms with van der Waals surface area (Å²) in [7, 11) is 3.94. The van der Waals surface area contributed by atoms with E-state index in [0.717, 1.165) is 32.3 Å². The van der Waals surface area contributed by atoms with Gasteiger partial charge < -0.3 is 15.0 Å². The molecule has 3 heteroatoms. The highest BCUT2D eigenvalue weighted by atomic mass is 16.5. The highest BCUT2D eigenvalue weighted by molar-refractivity contribution is 4.65. The van der Waals surface area contributed by atoms with Crippen molar-refractivity contribution in [3.8, 4) is 0 Å². The predicted molar refractivity (Wildman–Crippen MR) is 61.7 cm³/mol. The zero-order valence-electron chi connectivity index (χ0n) is 10.2. The van der Waals surface area contributed by atoms with Crippen LogP contribution < -0.4 is 5.32 Å². The maximum Gasteiger partial charge on any atom is 0.0587 e. The van der Waals surface area contributed by atoms with Gasteiger partial charge in [-0.05, 0) is 19.9 Å². The lowest BCUT2D eigenvalue weighted by molar-refractivity contribution is 0.193. The number of likely N-dealkylation sites (N-methyl/N-ethyl adjacent to an activating group) is 1. The fourth-order valence-electron chi connectivity index (χ4n) is 1.65. The van der Waals surface area contributed by atoms with Crippen LogP contribution in [0.15, 0.2) is 0 Å². The van der Waals surface area contributed by atoms with Gasteiger partial charge in [-0.1, -0.05) is 13.8 Å². The average Bonchev–Trinajstić information content (AvgIpc) is 2.19. The van der Waals surface area contributed by atoms with E-state index < -0.39 is 0 Å². The van der Waals surface area contributed by atoms with E-state index in [9.17, 15) is 0 Å². The van der Waals surface area contributed by atoms with Crippen molar-refractivity contribution < 1.29 is 4.74 Å². The molecule has 0 bridgehead atoms. The molecule has 86 valence electrons. The van der Waals surface area contributed by atoms with Gasteiger partial charge in [-0.15, -0.1) is 0 Å². The molecular weight excluding hydrogens is 176 g/mol. The van der Waals surface area contributed by atoms with Crippen LogP contribution in [0.25, 0.3) is 0 Å². The van der Waals surface area contributed by atoms with Crippen LogP contribution in [0.3, 0.4) is 0 Å². The second-order valence-electron chi connectivity index (χ2n) is 3.69. The summed E-state index contributed by atoms with van der Waals surface area (Å²) in [5, 5.41) is 3.35. The van der Waals surface area contributed by atoms with Gasteiger partial charge in [0.1, 0.15) is 0 Å². The molecule has 3 nitrogen and oxygen atoms in total. The maximum absolute atomic E-state index is 4.96. The number of rotatable bonds is 9. The van der Waals surface area contributed by atoms with Gasteiger partial charge in [0.05, 0.1) is 6.61 Å². The van der Waals surface area contributed by atoms with Gasteiger partial charge in [0.15, 0.2) is 0 Å². The number of nitrogens with zero attached hydrogens (tertiary/aromatic N) is 1. The fourth-order valence-corrected chi connectivity index (χ4v) is 1.65. The summed E-state index contributed by atoms with van der Waals surface area (Å²) < 4.78 is 4.96. The van der Waals surface area contributed by atoms with E-state index in [-0.39, 0.29) is 0 Å². The van der Waals surface area contributed by atoms with Gasteiger partial charge in [0.25, 0.3) is 0 Å². The molecule has 0 radical (unpaired) electrons. The van der Waals surface area contributed by atoms with Crippen LogP contribution in [-0.4, -0.2) is 51.3 Å². The smallest absolute Gasteiger partial charge is 0.0587 e. The van der Waals surface area contributed by atoms with Crippen LogP contribution >= 0.6 is 0 Å². The van der Waals surface area contributed by atoms with Gasteiger partial charge in [-0.2, -0.15) is 0 Å². The Kier molecular flexibility index (Phi) is 9.35. The van der Waals surface area contributed by atoms with E-state index >= 15 is 0 Å². The molecule has 0 aromatic carbocycles. The molecule has 0 aliphatic rings. The SMILES string of the molecule is CCC(CC)N(C)CCNCCOC. The van der Waals surface area contributed by atoms with E-state index in [4.69, 9.17) is 4.74 Å². The number of hydrogen-bond donors (Lipinski definition) is 1. The third-order valence-electron chi connectivity index (χ3n) is 2.69. The Balaban J connectivity index is 3.37. The van der Waals surface area contributed by atoms with E-state index in [1.54, 1.807) is 7.11 Å². The Hall–Kier alpha value is -0.120. The van der Waals surface area contributed by atoms with Crippen molar-refractivity contribution in [2.24, 2.45) is 0 Å². The number of hydrogen-bond acceptors (Lipinski definition) is 3. The highest BCUT2D eigenvalue weighted by Crippen LogP contribution is 2.04. The molecule has 1 N–H and O–H groups in total. The first-order valence-electron chi connectivity index (χ1n) is 5.66. The largest absolute Gasteiger partial charge is 0.383 e. The maximum atomic E-state index is 4.96. The molecule has 0 saturated heterocycles. The van der Waals surface area contributed by atoms with Crippen molar-refractivity contribution in [1.29, 1.82) is 0 Å². The molecule has 0 amide bonds. The highest BCUT2D eigenvalue weighted by Gasteiger charge is 2.08. The third kappa shape index (κ3) is 6.35. The Bertz CT molecular complexity index is 116. The molecule has 0 atom stereocenters. The van der Waals surface area contributed by atoms with Crippen molar-refractivity contribution in [3.05, 3.63) is 0 Å². The summed E-state index contributed by atoms with van der Waals surface area (Å²) >= 11 is 0. The standard InChI is InChI=1S/C11H26N2O/c1-5-11(6-2)13(3)9-7-12-8-10-14-4/h11-12H,5-10H2,1-4H3. The Morgan fingerprint density at radius 2 is 1.86 bits per heavy atom. The summed E-state index contributed by atoms with van der Waals surface area (Å²) in [4.78, 5) is 2.43. The molecule has 0 unspecified atom stereocenters. The molecule has 14 heavy (non-hydrogen) atoms. The number of methoxy groups -OCH3 is 1. The molecule has 0 spiro atoms. The van der Waals surface area contributed by atoms with Gasteiger partial charge in [0.2, 0.25) is 0 Å². The summed E-state index contributed by atoms with van der Waals surface area (Å²) in [6.07, 6.45) is 2.48. The minimum absolute atomic E-state index is 0.735. The summed E-state index contributed by atoms with van der Waals surface area (Å²) in [6, 6.07) is 0.735. The fraction of sp³-hybridized carbons (Fsp3) is 1.00. The lowest BCUT2D eigenvalue weighted by Gasteiger charge is -2.26. The molecule has 0 aliphatic heterocycles. The Labute approximate surface area is 88.8 Å². The third-order valence-corrected chi connectivity index (χ3v) is 2.69. The number of nitrogens with one attached hydrogen (secondary N) is 1. The van der Waals surface area contributed by atoms with Crippen LogP contribution in [0.2, 0.25) is 0 Å². The van der Waals surface area contributed by atoms with E-state index in [2.05, 4.69) is 31.1 Å².